The number of fused-ring (bicyclic) bond motifs is 1. The number of halogens is 2. The predicted octanol–water partition coefficient (Wildman–Crippen LogP) is 3.38. The number of pyridine rings is 1. The van der Waals surface area contributed by atoms with Gasteiger partial charge < -0.3 is 26.7 Å². The number of nitrogens with zero attached hydrogens (tertiary/aromatic N) is 2. The Morgan fingerprint density at radius 1 is 1.17 bits per heavy atom. The summed E-state index contributed by atoms with van der Waals surface area (Å²) in [7, 11) is 1.63. The molecule has 1 aromatic carbocycles. The number of rotatable bonds is 5. The smallest absolute Gasteiger partial charge is 0.252 e. The van der Waals surface area contributed by atoms with E-state index in [9.17, 15) is 13.6 Å². The van der Waals surface area contributed by atoms with Crippen LogP contribution in [0.5, 0.6) is 0 Å². The van der Waals surface area contributed by atoms with Gasteiger partial charge in [0.05, 0.1) is 11.1 Å². The van der Waals surface area contributed by atoms with Gasteiger partial charge in [0.2, 0.25) is 0 Å². The number of nitrogens with one attached hydrogen (secondary N) is 2. The van der Waals surface area contributed by atoms with Crippen molar-refractivity contribution in [2.24, 2.45) is 18.5 Å². The van der Waals surface area contributed by atoms with Gasteiger partial charge >= 0.3 is 0 Å². The van der Waals surface area contributed by atoms with E-state index in [1.54, 1.807) is 25.2 Å². The molecule has 4 rings (SSSR count). The van der Waals surface area contributed by atoms with Gasteiger partial charge in [0, 0.05) is 36.3 Å². The predicted molar refractivity (Wildman–Crippen MR) is 113 cm³/mol. The Morgan fingerprint density at radius 2 is 1.93 bits per heavy atom. The number of nitrogens with two attached hydrogens (primary N) is 2. The number of hydrogen-bond donors (Lipinski definition) is 4. The van der Waals surface area contributed by atoms with Crippen molar-refractivity contribution in [2.45, 2.75) is 37.8 Å². The Balaban J connectivity index is 1.67. The van der Waals surface area contributed by atoms with Crippen molar-refractivity contribution in [1.29, 1.82) is 0 Å². The molecular formula is C21H24F2N6O. The third-order valence-electron chi connectivity index (χ3n) is 5.63. The lowest BCUT2D eigenvalue weighted by molar-refractivity contribution is 0.100. The van der Waals surface area contributed by atoms with Crippen LogP contribution in [0.2, 0.25) is 0 Å². The minimum atomic E-state index is -0.809. The monoisotopic (exact) mass is 414 g/mol. The van der Waals surface area contributed by atoms with Crippen LogP contribution in [0.25, 0.3) is 10.9 Å². The zero-order valence-electron chi connectivity index (χ0n) is 16.6. The van der Waals surface area contributed by atoms with Crippen LogP contribution in [0, 0.1) is 11.8 Å². The molecule has 1 aliphatic rings. The summed E-state index contributed by atoms with van der Waals surface area (Å²) >= 11 is 0. The number of hydrogen-bond acceptors (Lipinski definition) is 5. The molecule has 0 unspecified atom stereocenters. The maximum atomic E-state index is 14.6. The second kappa shape index (κ2) is 7.91. The maximum absolute atomic E-state index is 14.6. The summed E-state index contributed by atoms with van der Waals surface area (Å²) in [5.74, 6) is -1.72. The molecule has 0 saturated heterocycles. The number of aromatic nitrogens is 2. The van der Waals surface area contributed by atoms with E-state index in [1.165, 1.54) is 10.6 Å². The molecule has 0 bridgehead atoms. The zero-order valence-corrected chi connectivity index (χ0v) is 16.6. The Labute approximate surface area is 172 Å². The first-order valence-corrected chi connectivity index (χ1v) is 9.88. The van der Waals surface area contributed by atoms with E-state index in [4.69, 9.17) is 11.5 Å². The molecule has 2 atom stereocenters. The third-order valence-corrected chi connectivity index (χ3v) is 5.63. The summed E-state index contributed by atoms with van der Waals surface area (Å²) in [5.41, 5.74) is 12.8. The number of carbonyl (C=O) groups excluding carboxylic acids is 1. The quantitative estimate of drug-likeness (QED) is 0.512. The van der Waals surface area contributed by atoms with Gasteiger partial charge in [-0.2, -0.15) is 4.39 Å². The topological polar surface area (TPSA) is 111 Å². The van der Waals surface area contributed by atoms with Crippen LogP contribution in [0.3, 0.4) is 0 Å². The van der Waals surface area contributed by atoms with Gasteiger partial charge in [-0.1, -0.05) is 12.8 Å². The van der Waals surface area contributed by atoms with E-state index in [0.717, 1.165) is 31.7 Å². The number of carbonyl (C=O) groups is 1. The molecule has 1 fully saturated rings. The molecule has 1 saturated carbocycles. The van der Waals surface area contributed by atoms with Crippen LogP contribution in [0.4, 0.5) is 26.1 Å². The fraction of sp³-hybridized carbons (Fsp3) is 0.333. The lowest BCUT2D eigenvalue weighted by atomic mass is 9.91. The van der Waals surface area contributed by atoms with Crippen LogP contribution >= 0.6 is 0 Å². The Kier molecular flexibility index (Phi) is 5.29. The minimum absolute atomic E-state index is 0.0108. The van der Waals surface area contributed by atoms with E-state index < -0.39 is 11.7 Å². The fourth-order valence-corrected chi connectivity index (χ4v) is 3.92. The van der Waals surface area contributed by atoms with Crippen molar-refractivity contribution in [3.8, 4) is 0 Å². The summed E-state index contributed by atoms with van der Waals surface area (Å²) in [6.07, 6.45) is 3.73. The van der Waals surface area contributed by atoms with Gasteiger partial charge in [0.25, 0.3) is 5.91 Å². The Bertz CT molecular complexity index is 1110. The largest absolute Gasteiger partial charge is 0.365 e. The lowest BCUT2D eigenvalue weighted by Crippen LogP contribution is -2.43. The van der Waals surface area contributed by atoms with Crippen LogP contribution < -0.4 is 22.1 Å². The highest BCUT2D eigenvalue weighted by Gasteiger charge is 2.24. The third kappa shape index (κ3) is 3.80. The normalized spacial score (nSPS) is 19.1. The SMILES string of the molecule is Cn1c(F)cc2cc(Nc3nc(N[C@@H]4CCCC[C@@H]4N)c(F)cc3C(N)=O)ccc21. The van der Waals surface area contributed by atoms with E-state index in [0.29, 0.717) is 16.6 Å². The molecule has 1 amide bonds. The summed E-state index contributed by atoms with van der Waals surface area (Å²) in [5, 5.41) is 6.76. The standard InChI is InChI=1S/C21H24F2N6O/c1-29-17-7-6-12(8-11(17)9-18(29)23)26-20-13(19(25)30)10-14(22)21(28-20)27-16-5-3-2-4-15(16)24/h6-10,15-16H,2-5,24H2,1H3,(H2,25,30)(H2,26,27,28)/t15-,16+/m0/s1. The van der Waals surface area contributed by atoms with E-state index >= 15 is 0 Å². The average Bonchev–Trinajstić information content (AvgIpc) is 2.99. The molecule has 2 heterocycles. The van der Waals surface area contributed by atoms with Crippen LogP contribution in [0.1, 0.15) is 36.0 Å². The van der Waals surface area contributed by atoms with Gasteiger partial charge in [-0.25, -0.2) is 9.37 Å². The van der Waals surface area contributed by atoms with Crippen LogP contribution in [0.15, 0.2) is 30.3 Å². The van der Waals surface area contributed by atoms with Crippen molar-refractivity contribution in [2.75, 3.05) is 10.6 Å². The summed E-state index contributed by atoms with van der Waals surface area (Å²) in [6.45, 7) is 0. The molecule has 6 N–H and O–H groups in total. The van der Waals surface area contributed by atoms with Gasteiger partial charge in [0.1, 0.15) is 5.82 Å². The fourth-order valence-electron chi connectivity index (χ4n) is 3.92. The molecule has 3 aromatic rings. The maximum Gasteiger partial charge on any atom is 0.252 e. The number of aryl methyl sites for hydroxylation is 1. The first kappa shape index (κ1) is 20.1. The Morgan fingerprint density at radius 3 is 2.67 bits per heavy atom. The highest BCUT2D eigenvalue weighted by Crippen LogP contribution is 2.28. The van der Waals surface area contributed by atoms with E-state index in [2.05, 4.69) is 15.6 Å². The second-order valence-electron chi connectivity index (χ2n) is 7.70. The number of benzene rings is 1. The van der Waals surface area contributed by atoms with Gasteiger partial charge in [-0.15, -0.1) is 0 Å². The molecule has 7 nitrogen and oxygen atoms in total. The number of anilines is 3. The van der Waals surface area contributed by atoms with Gasteiger partial charge in [-0.05, 0) is 37.1 Å². The number of amides is 1. The molecule has 0 spiro atoms. The zero-order chi connectivity index (χ0) is 21.4. The van der Waals surface area contributed by atoms with Gasteiger partial charge in [-0.3, -0.25) is 4.79 Å². The second-order valence-corrected chi connectivity index (χ2v) is 7.70. The highest BCUT2D eigenvalue weighted by atomic mass is 19.1. The van der Waals surface area contributed by atoms with Crippen molar-refractivity contribution in [1.82, 2.24) is 9.55 Å². The first-order valence-electron chi connectivity index (χ1n) is 9.88. The lowest BCUT2D eigenvalue weighted by Gasteiger charge is -2.30. The minimum Gasteiger partial charge on any atom is -0.365 e. The van der Waals surface area contributed by atoms with Crippen molar-refractivity contribution in [3.63, 3.8) is 0 Å². The number of primary amides is 1. The van der Waals surface area contributed by atoms with Crippen molar-refractivity contribution < 1.29 is 13.6 Å². The molecule has 0 aliphatic heterocycles. The molecule has 9 heteroatoms. The molecule has 0 radical (unpaired) electrons. The molecule has 30 heavy (non-hydrogen) atoms. The van der Waals surface area contributed by atoms with Crippen molar-refractivity contribution >= 4 is 34.1 Å². The van der Waals surface area contributed by atoms with Crippen LogP contribution in [-0.2, 0) is 7.05 Å². The first-order chi connectivity index (χ1) is 14.3. The highest BCUT2D eigenvalue weighted by molar-refractivity contribution is 5.99. The molecule has 1 aliphatic carbocycles. The summed E-state index contributed by atoms with van der Waals surface area (Å²) in [4.78, 5) is 16.1. The Hall–Kier alpha value is -3.20. The van der Waals surface area contributed by atoms with Crippen LogP contribution in [-0.4, -0.2) is 27.5 Å². The molecule has 158 valence electrons. The molecule has 2 aromatic heterocycles. The molecular weight excluding hydrogens is 390 g/mol. The van der Waals surface area contributed by atoms with Gasteiger partial charge in [0.15, 0.2) is 17.6 Å². The van der Waals surface area contributed by atoms with Crippen molar-refractivity contribution in [3.05, 3.63) is 47.7 Å². The van der Waals surface area contributed by atoms with E-state index in [-0.39, 0.29) is 35.2 Å². The van der Waals surface area contributed by atoms with E-state index in [1.807, 2.05) is 0 Å². The summed E-state index contributed by atoms with van der Waals surface area (Å²) < 4.78 is 29.9. The average molecular weight is 414 g/mol. The summed E-state index contributed by atoms with van der Waals surface area (Å²) in [6, 6.07) is 7.47.